The molecule has 2 aromatic heterocycles. The quantitative estimate of drug-likeness (QED) is 0.239. The topological polar surface area (TPSA) is 113 Å². The first-order valence-electron chi connectivity index (χ1n) is 12.2. The van der Waals surface area contributed by atoms with E-state index in [9.17, 15) is 9.59 Å². The van der Waals surface area contributed by atoms with Crippen LogP contribution in [0.1, 0.15) is 28.8 Å². The fourth-order valence-electron chi connectivity index (χ4n) is 4.86. The fraction of sp³-hybridized carbons (Fsp3) is 0.241. The Kier molecular flexibility index (Phi) is 6.83. The van der Waals surface area contributed by atoms with E-state index in [0.29, 0.717) is 31.7 Å². The van der Waals surface area contributed by atoms with E-state index in [-0.39, 0.29) is 5.91 Å². The van der Waals surface area contributed by atoms with Gasteiger partial charge in [0.25, 0.3) is 0 Å². The molecular weight excluding hydrogens is 468 g/mol. The average Bonchev–Trinajstić information content (AvgIpc) is 3.66. The van der Waals surface area contributed by atoms with Crippen LogP contribution in [0.25, 0.3) is 10.9 Å². The van der Waals surface area contributed by atoms with E-state index in [4.69, 9.17) is 9.94 Å². The predicted molar refractivity (Wildman–Crippen MR) is 138 cm³/mol. The van der Waals surface area contributed by atoms with Crippen LogP contribution in [0, 0.1) is 18.3 Å². The highest BCUT2D eigenvalue weighted by atomic mass is 16.5. The van der Waals surface area contributed by atoms with E-state index in [2.05, 4.69) is 15.3 Å². The van der Waals surface area contributed by atoms with Crippen LogP contribution in [0.15, 0.2) is 79.1 Å². The number of hydrogen-bond acceptors (Lipinski definition) is 6. The van der Waals surface area contributed by atoms with Gasteiger partial charge in [0.05, 0.1) is 16.8 Å². The van der Waals surface area contributed by atoms with Gasteiger partial charge in [0, 0.05) is 35.6 Å². The Balaban J connectivity index is 1.26. The summed E-state index contributed by atoms with van der Waals surface area (Å²) in [6.07, 6.45) is 4.08. The van der Waals surface area contributed by atoms with Crippen molar-refractivity contribution in [2.75, 3.05) is 0 Å². The van der Waals surface area contributed by atoms with Crippen LogP contribution < -0.4 is 15.5 Å². The van der Waals surface area contributed by atoms with Crippen molar-refractivity contribution in [3.05, 3.63) is 102 Å². The summed E-state index contributed by atoms with van der Waals surface area (Å²) in [4.78, 5) is 33.9. The number of hydrogen-bond donors (Lipinski definition) is 3. The standard InChI is InChI=1S/C29H28N4O4/c1-19-14-22(24-4-2-3-5-26(24)32-19)18-37-23-8-6-20(7-9-23)15-29(16-25(29)27(34)33-36)28(35)31-17-21-10-12-30-13-11-21/h2-14,25,36H,15-18H2,1H3,(H,31,35)(H,33,34)/t25-,29+/m1/s1. The second-order valence-electron chi connectivity index (χ2n) is 9.48. The number of carbonyl (C=O) groups excluding carboxylic acids is 2. The van der Waals surface area contributed by atoms with Crippen molar-refractivity contribution in [1.82, 2.24) is 20.8 Å². The molecule has 2 amide bonds. The molecule has 8 heteroatoms. The van der Waals surface area contributed by atoms with Crippen LogP contribution in [0.3, 0.4) is 0 Å². The van der Waals surface area contributed by atoms with Crippen LogP contribution in [0.5, 0.6) is 5.75 Å². The molecule has 1 fully saturated rings. The van der Waals surface area contributed by atoms with E-state index in [1.165, 1.54) is 0 Å². The highest BCUT2D eigenvalue weighted by Gasteiger charge is 2.63. The van der Waals surface area contributed by atoms with Crippen molar-refractivity contribution in [2.45, 2.75) is 32.9 Å². The Hall–Kier alpha value is -4.30. The van der Waals surface area contributed by atoms with E-state index in [0.717, 1.165) is 33.3 Å². The summed E-state index contributed by atoms with van der Waals surface area (Å²) >= 11 is 0. The first-order valence-corrected chi connectivity index (χ1v) is 12.2. The Labute approximate surface area is 214 Å². The van der Waals surface area contributed by atoms with Gasteiger partial charge in [0.15, 0.2) is 0 Å². The first-order chi connectivity index (χ1) is 18.0. The lowest BCUT2D eigenvalue weighted by atomic mass is 9.92. The maximum Gasteiger partial charge on any atom is 0.247 e. The minimum absolute atomic E-state index is 0.210. The number of nitrogens with one attached hydrogen (secondary N) is 2. The number of benzene rings is 2. The Morgan fingerprint density at radius 3 is 2.57 bits per heavy atom. The smallest absolute Gasteiger partial charge is 0.247 e. The fourth-order valence-corrected chi connectivity index (χ4v) is 4.86. The molecular formula is C29H28N4O4. The molecule has 0 spiro atoms. The summed E-state index contributed by atoms with van der Waals surface area (Å²) in [6.45, 7) is 2.71. The number of amides is 2. The molecule has 37 heavy (non-hydrogen) atoms. The molecule has 0 saturated heterocycles. The van der Waals surface area contributed by atoms with Gasteiger partial charge in [-0.3, -0.25) is 24.8 Å². The maximum atomic E-state index is 13.2. The second-order valence-corrected chi connectivity index (χ2v) is 9.48. The molecule has 0 unspecified atom stereocenters. The number of aryl methyl sites for hydroxylation is 1. The first kappa shape index (κ1) is 24.4. The number of aromatic nitrogens is 2. The number of pyridine rings is 2. The largest absolute Gasteiger partial charge is 0.489 e. The lowest BCUT2D eigenvalue weighted by Crippen LogP contribution is -2.37. The molecule has 1 aliphatic rings. The number of para-hydroxylation sites is 1. The highest BCUT2D eigenvalue weighted by molar-refractivity contribution is 5.95. The van der Waals surface area contributed by atoms with Crippen LogP contribution in [0.4, 0.5) is 0 Å². The molecule has 2 heterocycles. The Morgan fingerprint density at radius 1 is 1.05 bits per heavy atom. The van der Waals surface area contributed by atoms with Gasteiger partial charge < -0.3 is 10.1 Å². The van der Waals surface area contributed by atoms with E-state index in [1.54, 1.807) is 17.9 Å². The third-order valence-electron chi connectivity index (χ3n) is 6.92. The minimum Gasteiger partial charge on any atom is -0.489 e. The van der Waals surface area contributed by atoms with Gasteiger partial charge in [0.1, 0.15) is 12.4 Å². The third kappa shape index (κ3) is 5.29. The highest BCUT2D eigenvalue weighted by Crippen LogP contribution is 2.55. The lowest BCUT2D eigenvalue weighted by Gasteiger charge is -2.18. The van der Waals surface area contributed by atoms with Crippen molar-refractivity contribution < 1.29 is 19.5 Å². The molecule has 0 bridgehead atoms. The van der Waals surface area contributed by atoms with Crippen molar-refractivity contribution in [3.63, 3.8) is 0 Å². The van der Waals surface area contributed by atoms with E-state index >= 15 is 0 Å². The van der Waals surface area contributed by atoms with Crippen molar-refractivity contribution >= 4 is 22.7 Å². The van der Waals surface area contributed by atoms with Crippen LogP contribution in [-0.4, -0.2) is 27.0 Å². The van der Waals surface area contributed by atoms with Crippen molar-refractivity contribution in [3.8, 4) is 5.75 Å². The second kappa shape index (κ2) is 10.4. The van der Waals surface area contributed by atoms with Gasteiger partial charge in [-0.15, -0.1) is 0 Å². The normalized spacial score (nSPS) is 18.3. The maximum absolute atomic E-state index is 13.2. The van der Waals surface area contributed by atoms with Gasteiger partial charge >= 0.3 is 0 Å². The summed E-state index contributed by atoms with van der Waals surface area (Å²) in [6, 6.07) is 21.2. The average molecular weight is 497 g/mol. The summed E-state index contributed by atoms with van der Waals surface area (Å²) < 4.78 is 6.06. The van der Waals surface area contributed by atoms with Crippen molar-refractivity contribution in [1.29, 1.82) is 0 Å². The van der Waals surface area contributed by atoms with Gasteiger partial charge in [-0.2, -0.15) is 0 Å². The number of nitrogens with zero attached hydrogens (tertiary/aromatic N) is 2. The number of ether oxygens (including phenoxy) is 1. The number of rotatable bonds is 9. The zero-order valence-corrected chi connectivity index (χ0v) is 20.5. The monoisotopic (exact) mass is 496 g/mol. The molecule has 1 aliphatic carbocycles. The number of hydroxylamine groups is 1. The number of fused-ring (bicyclic) bond motifs is 1. The van der Waals surface area contributed by atoms with Crippen LogP contribution >= 0.6 is 0 Å². The molecule has 2 atom stereocenters. The molecule has 5 rings (SSSR count). The van der Waals surface area contributed by atoms with Gasteiger partial charge in [-0.05, 0) is 67.3 Å². The van der Waals surface area contributed by atoms with Gasteiger partial charge in [0.2, 0.25) is 11.8 Å². The molecule has 0 radical (unpaired) electrons. The Morgan fingerprint density at radius 2 is 1.81 bits per heavy atom. The van der Waals surface area contributed by atoms with Gasteiger partial charge in [-0.25, -0.2) is 5.48 Å². The Bertz CT molecular complexity index is 1430. The summed E-state index contributed by atoms with van der Waals surface area (Å²) in [7, 11) is 0. The van der Waals surface area contributed by atoms with E-state index < -0.39 is 17.2 Å². The summed E-state index contributed by atoms with van der Waals surface area (Å²) in [5, 5.41) is 13.2. The van der Waals surface area contributed by atoms with Crippen molar-refractivity contribution in [2.24, 2.45) is 11.3 Å². The molecule has 8 nitrogen and oxygen atoms in total. The minimum atomic E-state index is -0.907. The SMILES string of the molecule is Cc1cc(COc2ccc(C[C@]3(C(=O)NCc4ccncc4)C[C@@H]3C(=O)NO)cc2)c2ccccc2n1. The molecule has 0 aliphatic heterocycles. The number of carbonyl (C=O) groups is 2. The third-order valence-corrected chi connectivity index (χ3v) is 6.92. The van der Waals surface area contributed by atoms with Gasteiger partial charge in [-0.1, -0.05) is 30.3 Å². The zero-order valence-electron chi connectivity index (χ0n) is 20.5. The van der Waals surface area contributed by atoms with Crippen LogP contribution in [0.2, 0.25) is 0 Å². The van der Waals surface area contributed by atoms with E-state index in [1.807, 2.05) is 73.7 Å². The molecule has 1 saturated carbocycles. The predicted octanol–water partition coefficient (Wildman–Crippen LogP) is 3.89. The lowest BCUT2D eigenvalue weighted by molar-refractivity contribution is -0.135. The zero-order chi connectivity index (χ0) is 25.8. The molecule has 188 valence electrons. The summed E-state index contributed by atoms with van der Waals surface area (Å²) in [5.41, 5.74) is 5.56. The molecule has 2 aromatic carbocycles. The molecule has 3 N–H and O–H groups in total. The van der Waals surface area contributed by atoms with Crippen LogP contribution in [-0.2, 0) is 29.2 Å². The molecule has 4 aromatic rings. The summed E-state index contributed by atoms with van der Waals surface area (Å²) in [5.74, 6) is -0.634.